The van der Waals surface area contributed by atoms with Crippen LogP contribution in [0.1, 0.15) is 44.3 Å². The molecule has 0 fully saturated rings. The zero-order valence-electron chi connectivity index (χ0n) is 25.3. The topological polar surface area (TPSA) is 115 Å². The molecule has 0 saturated heterocycles. The van der Waals surface area contributed by atoms with E-state index < -0.39 is 16.0 Å². The summed E-state index contributed by atoms with van der Waals surface area (Å²) in [6, 6.07) is 30.4. The van der Waals surface area contributed by atoms with Crippen LogP contribution in [0.2, 0.25) is 5.15 Å². The summed E-state index contributed by atoms with van der Waals surface area (Å²) in [6.07, 6.45) is 2.47. The molecule has 0 saturated carbocycles. The molecular formula is C35H31ClN4O5S. The Hall–Kier alpha value is -5.06. The Morgan fingerprint density at radius 3 is 2.17 bits per heavy atom. The number of halogens is 1. The Labute approximate surface area is 271 Å². The van der Waals surface area contributed by atoms with E-state index in [-0.39, 0.29) is 21.7 Å². The second kappa shape index (κ2) is 12.4. The summed E-state index contributed by atoms with van der Waals surface area (Å²) in [5.74, 6) is -0.599. The summed E-state index contributed by atoms with van der Waals surface area (Å²) in [4.78, 5) is 11.6. The molecule has 11 heteroatoms. The quantitative estimate of drug-likeness (QED) is 0.163. The van der Waals surface area contributed by atoms with Crippen molar-refractivity contribution in [2.24, 2.45) is 7.05 Å². The number of methoxy groups -OCH3 is 1. The molecule has 234 valence electrons. The van der Waals surface area contributed by atoms with E-state index in [9.17, 15) is 18.3 Å². The van der Waals surface area contributed by atoms with Gasteiger partial charge >= 0.3 is 5.97 Å². The van der Waals surface area contributed by atoms with Crippen LogP contribution in [0, 0.1) is 6.92 Å². The van der Waals surface area contributed by atoms with Gasteiger partial charge < -0.3 is 14.4 Å². The first-order valence-corrected chi connectivity index (χ1v) is 16.3. The van der Waals surface area contributed by atoms with Crippen LogP contribution in [-0.4, -0.2) is 41.0 Å². The molecule has 0 amide bonds. The van der Waals surface area contributed by atoms with Crippen molar-refractivity contribution in [1.82, 2.24) is 14.3 Å². The minimum atomic E-state index is -4.06. The maximum absolute atomic E-state index is 13.5. The van der Waals surface area contributed by atoms with Crippen LogP contribution in [0.3, 0.4) is 0 Å². The van der Waals surface area contributed by atoms with Crippen molar-refractivity contribution in [2.75, 3.05) is 11.8 Å². The number of fused-ring (bicyclic) bond motifs is 1. The van der Waals surface area contributed by atoms with E-state index in [1.807, 2.05) is 48.5 Å². The Bertz CT molecular complexity index is 2140. The fourth-order valence-electron chi connectivity index (χ4n) is 5.88. The highest BCUT2D eigenvalue weighted by Crippen LogP contribution is 2.37. The Morgan fingerprint density at radius 2 is 1.61 bits per heavy atom. The third-order valence-electron chi connectivity index (χ3n) is 7.96. The second-order valence-corrected chi connectivity index (χ2v) is 12.9. The third kappa shape index (κ3) is 5.84. The van der Waals surface area contributed by atoms with E-state index in [4.69, 9.17) is 16.3 Å². The van der Waals surface area contributed by atoms with Gasteiger partial charge in [-0.3, -0.25) is 9.40 Å². The van der Waals surface area contributed by atoms with Crippen molar-refractivity contribution in [1.29, 1.82) is 0 Å². The highest BCUT2D eigenvalue weighted by Gasteiger charge is 2.26. The van der Waals surface area contributed by atoms with Crippen LogP contribution in [0.4, 0.5) is 5.69 Å². The predicted octanol–water partition coefficient (Wildman–Crippen LogP) is 7.07. The SMILES string of the molecule is COc1cc(C(=O)O)ccc1Cc1cn(C(c2ccccc2)c2ccccc2)c2ccc(NS(=O)(=O)c3c(C)nn(C)c3Cl)cc12. The number of benzene rings is 4. The molecular weight excluding hydrogens is 624 g/mol. The number of aryl methyl sites for hydroxylation is 2. The molecule has 0 unspecified atom stereocenters. The van der Waals surface area contributed by atoms with E-state index in [2.05, 4.69) is 44.9 Å². The number of hydrogen-bond donors (Lipinski definition) is 2. The number of carbonyl (C=O) groups is 1. The minimum Gasteiger partial charge on any atom is -0.496 e. The first kappa shape index (κ1) is 30.9. The van der Waals surface area contributed by atoms with Crippen molar-refractivity contribution in [3.8, 4) is 5.75 Å². The van der Waals surface area contributed by atoms with Gasteiger partial charge in [-0.05, 0) is 59.5 Å². The number of nitrogens with zero attached hydrogens (tertiary/aromatic N) is 3. The number of rotatable bonds is 10. The first-order chi connectivity index (χ1) is 22.1. The minimum absolute atomic E-state index is 0.0170. The largest absolute Gasteiger partial charge is 0.496 e. The maximum Gasteiger partial charge on any atom is 0.335 e. The molecule has 6 aromatic rings. The van der Waals surface area contributed by atoms with Crippen molar-refractivity contribution in [3.05, 3.63) is 142 Å². The van der Waals surface area contributed by atoms with Gasteiger partial charge in [-0.2, -0.15) is 5.10 Å². The zero-order chi connectivity index (χ0) is 32.6. The fourth-order valence-corrected chi connectivity index (χ4v) is 7.68. The van der Waals surface area contributed by atoms with Gasteiger partial charge in [0.25, 0.3) is 10.0 Å². The standard InChI is InChI=1S/C35H31ClN4O5S/c1-22-33(34(36)39(2)37-22)46(43,44)38-28-16-17-30-29(20-28)27(18-25-14-15-26(35(41)42)19-31(25)45-3)21-40(30)32(23-10-6-4-7-11-23)24-12-8-5-9-13-24/h4-17,19-21,32,38H,18H2,1-3H3,(H,41,42). The molecule has 0 atom stereocenters. The summed E-state index contributed by atoms with van der Waals surface area (Å²) >= 11 is 6.32. The number of carboxylic acid groups (broad SMARTS) is 1. The van der Waals surface area contributed by atoms with E-state index in [1.165, 1.54) is 17.9 Å². The van der Waals surface area contributed by atoms with Crippen LogP contribution >= 0.6 is 11.6 Å². The van der Waals surface area contributed by atoms with Gasteiger partial charge in [0.1, 0.15) is 15.8 Å². The number of sulfonamides is 1. The van der Waals surface area contributed by atoms with Gasteiger partial charge in [-0.25, -0.2) is 13.2 Å². The van der Waals surface area contributed by atoms with E-state index >= 15 is 0 Å². The molecule has 0 bridgehead atoms. The van der Waals surface area contributed by atoms with Gasteiger partial charge in [-0.1, -0.05) is 78.3 Å². The molecule has 2 aromatic heterocycles. The summed E-state index contributed by atoms with van der Waals surface area (Å²) in [5, 5.41) is 14.5. The van der Waals surface area contributed by atoms with Crippen molar-refractivity contribution >= 4 is 44.2 Å². The van der Waals surface area contributed by atoms with Crippen LogP contribution in [0.25, 0.3) is 10.9 Å². The normalized spacial score (nSPS) is 11.7. The maximum atomic E-state index is 13.5. The number of carboxylic acids is 1. The second-order valence-electron chi connectivity index (χ2n) is 11.0. The summed E-state index contributed by atoms with van der Waals surface area (Å²) < 4.78 is 38.8. The fraction of sp³-hybridized carbons (Fsp3) is 0.143. The van der Waals surface area contributed by atoms with E-state index in [0.717, 1.165) is 33.2 Å². The van der Waals surface area contributed by atoms with Crippen molar-refractivity contribution in [3.63, 3.8) is 0 Å². The van der Waals surface area contributed by atoms with Crippen molar-refractivity contribution in [2.45, 2.75) is 24.3 Å². The van der Waals surface area contributed by atoms with Gasteiger partial charge in [0.15, 0.2) is 0 Å². The molecule has 0 aliphatic carbocycles. The molecule has 0 aliphatic heterocycles. The molecule has 0 spiro atoms. The van der Waals surface area contributed by atoms with Gasteiger partial charge in [0.2, 0.25) is 0 Å². The Kier molecular flexibility index (Phi) is 8.33. The third-order valence-corrected chi connectivity index (χ3v) is 10.0. The summed E-state index contributed by atoms with van der Waals surface area (Å²) in [7, 11) is -0.968. The zero-order valence-corrected chi connectivity index (χ0v) is 26.9. The lowest BCUT2D eigenvalue weighted by molar-refractivity contribution is 0.0696. The number of aromatic nitrogens is 3. The van der Waals surface area contributed by atoms with E-state index in [0.29, 0.717) is 23.6 Å². The van der Waals surface area contributed by atoms with Gasteiger partial charge in [0.05, 0.1) is 24.4 Å². The number of hydrogen-bond acceptors (Lipinski definition) is 5. The van der Waals surface area contributed by atoms with Gasteiger partial charge in [0, 0.05) is 36.3 Å². The average molecular weight is 655 g/mol. The monoisotopic (exact) mass is 654 g/mol. The van der Waals surface area contributed by atoms with Crippen LogP contribution < -0.4 is 9.46 Å². The van der Waals surface area contributed by atoms with Crippen LogP contribution in [-0.2, 0) is 23.5 Å². The molecule has 2 heterocycles. The molecule has 9 nitrogen and oxygen atoms in total. The highest BCUT2D eigenvalue weighted by molar-refractivity contribution is 7.92. The Balaban J connectivity index is 1.53. The first-order valence-electron chi connectivity index (χ1n) is 14.4. The summed E-state index contributed by atoms with van der Waals surface area (Å²) in [5.41, 5.74) is 5.48. The van der Waals surface area contributed by atoms with Crippen molar-refractivity contribution < 1.29 is 23.1 Å². The molecule has 6 rings (SSSR count). The predicted molar refractivity (Wildman–Crippen MR) is 179 cm³/mol. The van der Waals surface area contributed by atoms with Gasteiger partial charge in [-0.15, -0.1) is 0 Å². The van der Waals surface area contributed by atoms with Crippen LogP contribution in [0.15, 0.2) is 108 Å². The highest BCUT2D eigenvalue weighted by atomic mass is 35.5. The number of anilines is 1. The van der Waals surface area contributed by atoms with E-state index in [1.54, 1.807) is 32.2 Å². The lowest BCUT2D eigenvalue weighted by Gasteiger charge is -2.22. The number of aromatic carboxylic acids is 1. The molecule has 0 aliphatic rings. The summed E-state index contributed by atoms with van der Waals surface area (Å²) in [6.45, 7) is 1.60. The lowest BCUT2D eigenvalue weighted by Crippen LogP contribution is -2.14. The molecule has 46 heavy (non-hydrogen) atoms. The molecule has 4 aromatic carbocycles. The lowest BCUT2D eigenvalue weighted by atomic mass is 9.98. The molecule has 2 N–H and O–H groups in total. The number of ether oxygens (including phenoxy) is 1. The molecule has 0 radical (unpaired) electrons. The Morgan fingerprint density at radius 1 is 0.957 bits per heavy atom. The number of nitrogens with one attached hydrogen (secondary N) is 1. The van der Waals surface area contributed by atoms with Crippen LogP contribution in [0.5, 0.6) is 5.75 Å². The smallest absolute Gasteiger partial charge is 0.335 e. The average Bonchev–Trinajstić information content (AvgIpc) is 3.52.